The normalized spacial score (nSPS) is 11.7. The van der Waals surface area contributed by atoms with Crippen molar-refractivity contribution in [1.29, 1.82) is 0 Å². The molecule has 2 aromatic heterocycles. The summed E-state index contributed by atoms with van der Waals surface area (Å²) in [5.74, 6) is 3.18. The van der Waals surface area contributed by atoms with Crippen molar-refractivity contribution in [2.75, 3.05) is 0 Å². The van der Waals surface area contributed by atoms with Crippen molar-refractivity contribution in [3.05, 3.63) is 23.8 Å². The number of nitrogens with zero attached hydrogens (tertiary/aromatic N) is 6. The van der Waals surface area contributed by atoms with Gasteiger partial charge in [0.25, 0.3) is 0 Å². The van der Waals surface area contributed by atoms with Gasteiger partial charge in [0.15, 0.2) is 0 Å². The van der Waals surface area contributed by atoms with E-state index in [1.165, 1.54) is 82.0 Å². The zero-order valence-corrected chi connectivity index (χ0v) is 25.8. The van der Waals surface area contributed by atoms with Crippen LogP contribution >= 0.6 is 0 Å². The summed E-state index contributed by atoms with van der Waals surface area (Å²) in [5, 5.41) is 16.5. The number of rotatable bonds is 19. The quantitative estimate of drug-likeness (QED) is 0.175. The Morgan fingerprint density at radius 1 is 0.486 bits per heavy atom. The first kappa shape index (κ1) is 33.3. The maximum atomic E-state index is 4.22. The second-order valence-electron chi connectivity index (χ2n) is 12.6. The molecule has 2 aromatic rings. The van der Waals surface area contributed by atoms with Crippen molar-refractivity contribution in [3.63, 3.8) is 0 Å². The van der Waals surface area contributed by atoms with Crippen LogP contribution in [0.25, 0.3) is 0 Å². The van der Waals surface area contributed by atoms with E-state index in [2.05, 4.69) is 85.4 Å². The highest BCUT2D eigenvalue weighted by molar-refractivity contribution is 4.94. The Balaban J connectivity index is 0.000000375. The van der Waals surface area contributed by atoms with Gasteiger partial charge in [0, 0.05) is 13.1 Å². The average molecular weight is 517 g/mol. The van der Waals surface area contributed by atoms with Gasteiger partial charge in [0.2, 0.25) is 0 Å². The molecule has 0 radical (unpaired) electrons. The van der Waals surface area contributed by atoms with Crippen LogP contribution in [-0.4, -0.2) is 30.0 Å². The molecule has 2 rings (SSSR count). The summed E-state index contributed by atoms with van der Waals surface area (Å²) in [5.41, 5.74) is 2.62. The summed E-state index contributed by atoms with van der Waals surface area (Å²) in [6, 6.07) is 0. The van der Waals surface area contributed by atoms with Gasteiger partial charge in [-0.1, -0.05) is 104 Å². The van der Waals surface area contributed by atoms with Crippen molar-refractivity contribution >= 4 is 0 Å². The third-order valence-electron chi connectivity index (χ3n) is 6.89. The lowest BCUT2D eigenvalue weighted by Gasteiger charge is -2.08. The summed E-state index contributed by atoms with van der Waals surface area (Å²) in [7, 11) is 0. The van der Waals surface area contributed by atoms with Crippen LogP contribution in [0, 0.1) is 23.7 Å². The largest absolute Gasteiger partial charge is 0.249 e. The van der Waals surface area contributed by atoms with Crippen molar-refractivity contribution in [3.8, 4) is 0 Å². The fraction of sp³-hybridized carbons (Fsp3) is 0.871. The van der Waals surface area contributed by atoms with E-state index in [0.29, 0.717) is 0 Å². The monoisotopic (exact) mass is 516 g/mol. The summed E-state index contributed by atoms with van der Waals surface area (Å²) in [6.07, 6.45) is 20.4. The zero-order chi connectivity index (χ0) is 27.5. The van der Waals surface area contributed by atoms with Crippen LogP contribution in [0.3, 0.4) is 0 Å². The second kappa shape index (κ2) is 20.3. The van der Waals surface area contributed by atoms with Gasteiger partial charge in [-0.3, -0.25) is 0 Å². The maximum absolute atomic E-state index is 4.22. The first-order chi connectivity index (χ1) is 17.7. The van der Waals surface area contributed by atoms with Crippen molar-refractivity contribution in [1.82, 2.24) is 30.0 Å². The minimum atomic E-state index is 0.730. The third-order valence-corrected chi connectivity index (χ3v) is 6.89. The number of unbranched alkanes of at least 4 members (excludes halogenated alkanes) is 4. The molecule has 0 atom stereocenters. The third kappa shape index (κ3) is 17.4. The lowest BCUT2D eigenvalue weighted by molar-refractivity contribution is 0.461. The van der Waals surface area contributed by atoms with E-state index in [-0.39, 0.29) is 0 Å². The molecule has 37 heavy (non-hydrogen) atoms. The minimum Gasteiger partial charge on any atom is -0.249 e. The highest BCUT2D eigenvalue weighted by Gasteiger charge is 2.06. The molecule has 0 fully saturated rings. The fourth-order valence-electron chi connectivity index (χ4n) is 4.42. The number of hydrogen-bond acceptors (Lipinski definition) is 4. The molecular weight excluding hydrogens is 456 g/mol. The van der Waals surface area contributed by atoms with E-state index in [1.807, 2.05) is 12.4 Å². The van der Waals surface area contributed by atoms with E-state index in [1.54, 1.807) is 0 Å². The van der Waals surface area contributed by atoms with Crippen LogP contribution in [0.4, 0.5) is 0 Å². The van der Waals surface area contributed by atoms with E-state index in [9.17, 15) is 0 Å². The Hall–Kier alpha value is -1.72. The Kier molecular flexibility index (Phi) is 18.2. The molecule has 0 unspecified atom stereocenters. The molecule has 0 saturated heterocycles. The molecule has 0 spiro atoms. The van der Waals surface area contributed by atoms with Gasteiger partial charge >= 0.3 is 0 Å². The Morgan fingerprint density at radius 3 is 1.41 bits per heavy atom. The zero-order valence-electron chi connectivity index (χ0n) is 25.8. The molecule has 6 heteroatoms. The van der Waals surface area contributed by atoms with Crippen molar-refractivity contribution in [2.24, 2.45) is 23.7 Å². The molecule has 0 aliphatic rings. The molecule has 0 bridgehead atoms. The maximum Gasteiger partial charge on any atom is 0.0725 e. The van der Waals surface area contributed by atoms with Crippen molar-refractivity contribution in [2.45, 2.75) is 152 Å². The average Bonchev–Trinajstić information content (AvgIpc) is 3.46. The van der Waals surface area contributed by atoms with Gasteiger partial charge in [-0.15, -0.1) is 10.2 Å². The van der Waals surface area contributed by atoms with Gasteiger partial charge in [0.1, 0.15) is 0 Å². The Morgan fingerprint density at radius 2 is 0.892 bits per heavy atom. The molecule has 0 aliphatic carbocycles. The first-order valence-corrected chi connectivity index (χ1v) is 15.4. The van der Waals surface area contributed by atoms with Crippen LogP contribution in [0.5, 0.6) is 0 Å². The van der Waals surface area contributed by atoms with E-state index >= 15 is 0 Å². The smallest absolute Gasteiger partial charge is 0.0725 e. The topological polar surface area (TPSA) is 61.4 Å². The molecule has 0 aliphatic heterocycles. The molecular formula is C31H60N6. The van der Waals surface area contributed by atoms with E-state index in [0.717, 1.165) is 49.6 Å². The molecule has 0 N–H and O–H groups in total. The standard InChI is InChI=1S/C17H33N3.C14H27N3/c1-15(2)10-7-5-6-8-12-17-14-18-19-20(17)13-9-11-16(3)4;1-12(2)7-5-6-8-14-11-15-16-17(14)10-9-13(3)4/h14-16H,5-13H2,1-4H3;11-13H,5-10H2,1-4H3. The second-order valence-corrected chi connectivity index (χ2v) is 12.6. The van der Waals surface area contributed by atoms with E-state index < -0.39 is 0 Å². The minimum absolute atomic E-state index is 0.730. The summed E-state index contributed by atoms with van der Waals surface area (Å²) >= 11 is 0. The molecule has 2 heterocycles. The molecule has 6 nitrogen and oxygen atoms in total. The van der Waals surface area contributed by atoms with Gasteiger partial charge in [-0.05, 0) is 68.6 Å². The van der Waals surface area contributed by atoms with Gasteiger partial charge in [0.05, 0.1) is 23.8 Å². The van der Waals surface area contributed by atoms with Crippen molar-refractivity contribution < 1.29 is 0 Å². The Labute approximate surface area is 229 Å². The van der Waals surface area contributed by atoms with Crippen LogP contribution in [0.15, 0.2) is 12.4 Å². The molecule has 214 valence electrons. The predicted octanol–water partition coefficient (Wildman–Crippen LogP) is 8.56. The SMILES string of the molecule is CC(C)CCCCCCc1cnnn1CCCC(C)C.CC(C)CCCCc1cnnn1CCC(C)C. The number of hydrogen-bond donors (Lipinski definition) is 0. The Bertz CT molecular complexity index is 774. The lowest BCUT2D eigenvalue weighted by Crippen LogP contribution is -2.07. The molecule has 0 saturated carbocycles. The summed E-state index contributed by atoms with van der Waals surface area (Å²) in [4.78, 5) is 0. The van der Waals surface area contributed by atoms with Crippen LogP contribution in [0.1, 0.15) is 137 Å². The molecule has 0 amide bonds. The predicted molar refractivity (Wildman–Crippen MR) is 158 cm³/mol. The first-order valence-electron chi connectivity index (χ1n) is 15.4. The highest BCUT2D eigenvalue weighted by atomic mass is 15.4. The van der Waals surface area contributed by atoms with Gasteiger partial charge < -0.3 is 0 Å². The fourth-order valence-corrected chi connectivity index (χ4v) is 4.42. The van der Waals surface area contributed by atoms with E-state index in [4.69, 9.17) is 0 Å². The summed E-state index contributed by atoms with van der Waals surface area (Å²) in [6.45, 7) is 20.3. The lowest BCUT2D eigenvalue weighted by atomic mass is 10.0. The van der Waals surface area contributed by atoms with Crippen LogP contribution < -0.4 is 0 Å². The van der Waals surface area contributed by atoms with Gasteiger partial charge in [-0.25, -0.2) is 9.36 Å². The van der Waals surface area contributed by atoms with Gasteiger partial charge in [-0.2, -0.15) is 0 Å². The summed E-state index contributed by atoms with van der Waals surface area (Å²) < 4.78 is 4.19. The number of aromatic nitrogens is 6. The van der Waals surface area contributed by atoms with Crippen LogP contribution in [-0.2, 0) is 25.9 Å². The highest BCUT2D eigenvalue weighted by Crippen LogP contribution is 2.13. The number of aryl methyl sites for hydroxylation is 4. The molecule has 0 aromatic carbocycles. The van der Waals surface area contributed by atoms with Crippen LogP contribution in [0.2, 0.25) is 0 Å².